The van der Waals surface area contributed by atoms with Crippen LogP contribution in [0.15, 0.2) is 84.2 Å². The summed E-state index contributed by atoms with van der Waals surface area (Å²) in [6.45, 7) is 4.06. The highest BCUT2D eigenvalue weighted by Crippen LogP contribution is 2.33. The molecule has 34 heavy (non-hydrogen) atoms. The second-order valence-electron chi connectivity index (χ2n) is 8.72. The Hall–Kier alpha value is -3.67. The first-order chi connectivity index (χ1) is 16.5. The van der Waals surface area contributed by atoms with Crippen LogP contribution in [-0.2, 0) is 9.53 Å². The lowest BCUT2D eigenvalue weighted by Gasteiger charge is -2.44. The normalized spacial score (nSPS) is 20.3. The zero-order chi connectivity index (χ0) is 24.1. The van der Waals surface area contributed by atoms with E-state index in [9.17, 15) is 14.4 Å². The van der Waals surface area contributed by atoms with E-state index in [1.54, 1.807) is 35.1 Å². The molecule has 2 aromatic rings. The van der Waals surface area contributed by atoms with Gasteiger partial charge in [0.15, 0.2) is 0 Å². The molecule has 2 aliphatic heterocycles. The van der Waals surface area contributed by atoms with Gasteiger partial charge in [-0.25, -0.2) is 4.79 Å². The Morgan fingerprint density at radius 2 is 1.29 bits per heavy atom. The highest BCUT2D eigenvalue weighted by Gasteiger charge is 2.40. The maximum atomic E-state index is 13.6. The Morgan fingerprint density at radius 3 is 1.82 bits per heavy atom. The first-order valence-electron chi connectivity index (χ1n) is 11.8. The molecule has 6 nitrogen and oxygen atoms in total. The second-order valence-corrected chi connectivity index (χ2v) is 8.72. The summed E-state index contributed by atoms with van der Waals surface area (Å²) in [5.74, 6) is -0.675. The molecule has 0 bridgehead atoms. The lowest BCUT2D eigenvalue weighted by Crippen LogP contribution is -2.54. The smallest absolute Gasteiger partial charge is 0.335 e. The molecule has 6 heteroatoms. The number of amides is 2. The molecule has 0 spiro atoms. The minimum Gasteiger partial charge on any atom is -0.463 e. The van der Waals surface area contributed by atoms with Gasteiger partial charge >= 0.3 is 5.97 Å². The van der Waals surface area contributed by atoms with Crippen molar-refractivity contribution in [1.82, 2.24) is 9.80 Å². The number of ether oxygens (including phenoxy) is 1. The van der Waals surface area contributed by atoms with Gasteiger partial charge in [0, 0.05) is 23.5 Å². The third-order valence-electron chi connectivity index (χ3n) is 6.41. The Morgan fingerprint density at radius 1 is 0.794 bits per heavy atom. The largest absolute Gasteiger partial charge is 0.463 e. The Balaban J connectivity index is 1.71. The van der Waals surface area contributed by atoms with Gasteiger partial charge in [-0.1, -0.05) is 42.0 Å². The van der Waals surface area contributed by atoms with Gasteiger partial charge in [-0.2, -0.15) is 0 Å². The minimum atomic E-state index is -0.400. The quantitative estimate of drug-likeness (QED) is 0.595. The molecule has 0 aliphatic carbocycles. The van der Waals surface area contributed by atoms with Gasteiger partial charge in [-0.15, -0.1) is 0 Å². The molecule has 0 unspecified atom stereocenters. The summed E-state index contributed by atoms with van der Waals surface area (Å²) < 4.78 is 5.21. The Kier molecular flexibility index (Phi) is 7.26. The number of hydrogen-bond acceptors (Lipinski definition) is 4. The van der Waals surface area contributed by atoms with E-state index >= 15 is 0 Å². The van der Waals surface area contributed by atoms with E-state index in [0.717, 1.165) is 18.4 Å². The van der Waals surface area contributed by atoms with E-state index in [1.807, 2.05) is 61.7 Å². The summed E-state index contributed by atoms with van der Waals surface area (Å²) in [6.07, 6.45) is 6.21. The average Bonchev–Trinajstić information content (AvgIpc) is 2.88. The Bertz CT molecular complexity index is 1110. The van der Waals surface area contributed by atoms with Crippen molar-refractivity contribution in [3.63, 3.8) is 0 Å². The predicted molar refractivity (Wildman–Crippen MR) is 130 cm³/mol. The summed E-state index contributed by atoms with van der Waals surface area (Å²) >= 11 is 0. The summed E-state index contributed by atoms with van der Waals surface area (Å²) in [5, 5.41) is 0. The molecule has 0 fully saturated rings. The fraction of sp³-hybridized carbons (Fsp3) is 0.321. The third-order valence-corrected chi connectivity index (χ3v) is 6.41. The zero-order valence-electron chi connectivity index (χ0n) is 19.6. The van der Waals surface area contributed by atoms with Crippen molar-refractivity contribution in [3.05, 3.63) is 95.3 Å². The second kappa shape index (κ2) is 10.5. The first-order valence-corrected chi connectivity index (χ1v) is 11.8. The topological polar surface area (TPSA) is 66.9 Å². The molecule has 2 amide bonds. The van der Waals surface area contributed by atoms with E-state index in [0.29, 0.717) is 29.5 Å². The number of rotatable bonds is 5. The maximum absolute atomic E-state index is 13.6. The van der Waals surface area contributed by atoms with Gasteiger partial charge < -0.3 is 14.5 Å². The fourth-order valence-corrected chi connectivity index (χ4v) is 4.70. The maximum Gasteiger partial charge on any atom is 0.335 e. The highest BCUT2D eigenvalue weighted by atomic mass is 16.5. The van der Waals surface area contributed by atoms with Crippen molar-refractivity contribution in [3.8, 4) is 0 Å². The van der Waals surface area contributed by atoms with E-state index in [1.165, 1.54) is 0 Å². The SMILES string of the molecule is CCOC(=O)C1=CN(C(=O)c2ccccc2)[C@H]([C@@H]2CCC(C)=CN2C(=O)c2ccccc2)CC1. The lowest BCUT2D eigenvalue weighted by molar-refractivity contribution is -0.139. The van der Waals surface area contributed by atoms with Crippen LogP contribution in [0, 0.1) is 0 Å². The molecular weight excluding hydrogens is 428 g/mol. The number of carbonyl (C=O) groups excluding carboxylic acids is 3. The van der Waals surface area contributed by atoms with Crippen LogP contribution >= 0.6 is 0 Å². The van der Waals surface area contributed by atoms with Crippen LogP contribution in [-0.4, -0.2) is 46.3 Å². The minimum absolute atomic E-state index is 0.0862. The predicted octanol–water partition coefficient (Wildman–Crippen LogP) is 4.95. The zero-order valence-corrected chi connectivity index (χ0v) is 19.6. The van der Waals surface area contributed by atoms with Crippen LogP contribution in [0.4, 0.5) is 0 Å². The van der Waals surface area contributed by atoms with Gasteiger partial charge in [0.05, 0.1) is 24.3 Å². The summed E-state index contributed by atoms with van der Waals surface area (Å²) in [4.78, 5) is 43.0. The highest BCUT2D eigenvalue weighted by molar-refractivity contribution is 5.97. The standard InChI is InChI=1S/C28H30N2O4/c1-3-34-28(33)23-15-17-25(30(19-23)27(32)22-12-8-5-9-13-22)24-16-14-20(2)18-29(24)26(31)21-10-6-4-7-11-21/h4-13,18-19,24-25H,3,14-17H2,1-2H3/t24-,25-/m0/s1. The van der Waals surface area contributed by atoms with Crippen LogP contribution in [0.1, 0.15) is 60.2 Å². The number of allylic oxidation sites excluding steroid dienone is 1. The number of nitrogens with zero attached hydrogens (tertiary/aromatic N) is 2. The van der Waals surface area contributed by atoms with E-state index in [4.69, 9.17) is 4.74 Å². The van der Waals surface area contributed by atoms with Crippen LogP contribution < -0.4 is 0 Å². The van der Waals surface area contributed by atoms with Crippen molar-refractivity contribution < 1.29 is 19.1 Å². The molecule has 0 saturated heterocycles. The van der Waals surface area contributed by atoms with Gasteiger partial charge in [0.1, 0.15) is 0 Å². The van der Waals surface area contributed by atoms with Gasteiger partial charge in [0.2, 0.25) is 0 Å². The molecule has 0 N–H and O–H groups in total. The molecule has 2 aromatic carbocycles. The molecule has 2 heterocycles. The van der Waals surface area contributed by atoms with Gasteiger partial charge in [0.25, 0.3) is 11.8 Å². The molecular formula is C28H30N2O4. The van der Waals surface area contributed by atoms with Gasteiger partial charge in [-0.3, -0.25) is 9.59 Å². The number of carbonyl (C=O) groups is 3. The fourth-order valence-electron chi connectivity index (χ4n) is 4.70. The monoisotopic (exact) mass is 458 g/mol. The summed E-state index contributed by atoms with van der Waals surface area (Å²) in [5.41, 5.74) is 2.75. The number of esters is 1. The van der Waals surface area contributed by atoms with E-state index in [-0.39, 0.29) is 30.5 Å². The van der Waals surface area contributed by atoms with Gasteiger partial charge in [-0.05, 0) is 63.8 Å². The van der Waals surface area contributed by atoms with Crippen molar-refractivity contribution in [2.24, 2.45) is 0 Å². The molecule has 0 aromatic heterocycles. The van der Waals surface area contributed by atoms with Crippen molar-refractivity contribution in [1.29, 1.82) is 0 Å². The molecule has 4 rings (SSSR count). The number of hydrogen-bond donors (Lipinski definition) is 0. The van der Waals surface area contributed by atoms with Crippen LogP contribution in [0.25, 0.3) is 0 Å². The summed E-state index contributed by atoms with van der Waals surface area (Å²) in [7, 11) is 0. The first kappa shape index (κ1) is 23.5. The van der Waals surface area contributed by atoms with E-state index < -0.39 is 5.97 Å². The van der Waals surface area contributed by atoms with Crippen LogP contribution in [0.3, 0.4) is 0 Å². The third kappa shape index (κ3) is 4.96. The van der Waals surface area contributed by atoms with Crippen LogP contribution in [0.2, 0.25) is 0 Å². The molecule has 2 aliphatic rings. The molecule has 0 radical (unpaired) electrons. The molecule has 176 valence electrons. The van der Waals surface area contributed by atoms with Crippen molar-refractivity contribution in [2.75, 3.05) is 6.61 Å². The Labute approximate surface area is 200 Å². The molecule has 2 atom stereocenters. The lowest BCUT2D eigenvalue weighted by atomic mass is 9.87. The van der Waals surface area contributed by atoms with E-state index in [2.05, 4.69) is 0 Å². The van der Waals surface area contributed by atoms with Crippen LogP contribution in [0.5, 0.6) is 0 Å². The van der Waals surface area contributed by atoms with Crippen molar-refractivity contribution >= 4 is 17.8 Å². The average molecular weight is 459 g/mol. The number of benzene rings is 2. The summed E-state index contributed by atoms with van der Waals surface area (Å²) in [6, 6.07) is 17.8. The van der Waals surface area contributed by atoms with Crippen molar-refractivity contribution in [2.45, 2.75) is 51.6 Å². The molecule has 0 saturated carbocycles.